The van der Waals surface area contributed by atoms with Crippen molar-refractivity contribution in [3.8, 4) is 0 Å². The van der Waals surface area contributed by atoms with Gasteiger partial charge in [-0.05, 0) is 32.1 Å². The lowest BCUT2D eigenvalue weighted by Crippen LogP contribution is -2.37. The Morgan fingerprint density at radius 2 is 2.24 bits per heavy atom. The summed E-state index contributed by atoms with van der Waals surface area (Å²) in [6, 6.07) is 0.202. The molecule has 2 aliphatic rings. The van der Waals surface area contributed by atoms with Crippen molar-refractivity contribution in [3.63, 3.8) is 0 Å². The zero-order chi connectivity index (χ0) is 12.2. The third-order valence-corrected chi connectivity index (χ3v) is 7.16. The van der Waals surface area contributed by atoms with Crippen LogP contribution in [0.15, 0.2) is 4.21 Å². The second-order valence-corrected chi connectivity index (χ2v) is 7.95. The van der Waals surface area contributed by atoms with E-state index < -0.39 is 10.0 Å². The van der Waals surface area contributed by atoms with Crippen LogP contribution in [0.5, 0.6) is 0 Å². The first-order valence-electron chi connectivity index (χ1n) is 5.73. The minimum atomic E-state index is -3.37. The van der Waals surface area contributed by atoms with Crippen LogP contribution in [-0.2, 0) is 10.0 Å². The molecule has 2 N–H and O–H groups in total. The molecule has 5 nitrogen and oxygen atoms in total. The van der Waals surface area contributed by atoms with Crippen molar-refractivity contribution in [2.45, 2.75) is 36.4 Å². The molecular formula is C10H15N3O2S2. The van der Waals surface area contributed by atoms with Gasteiger partial charge in [-0.1, -0.05) is 11.3 Å². The number of anilines is 1. The summed E-state index contributed by atoms with van der Waals surface area (Å²) in [5.74, 6) is 0.556. The van der Waals surface area contributed by atoms with Crippen LogP contribution in [0.3, 0.4) is 0 Å². The maximum Gasteiger partial charge on any atom is 0.254 e. The summed E-state index contributed by atoms with van der Waals surface area (Å²) in [5.41, 5.74) is 6.10. The fraction of sp³-hybridized carbons (Fsp3) is 0.700. The molecule has 2 atom stereocenters. The molecule has 0 amide bonds. The van der Waals surface area contributed by atoms with E-state index in [0.29, 0.717) is 27.5 Å². The first-order chi connectivity index (χ1) is 7.98. The van der Waals surface area contributed by atoms with E-state index in [2.05, 4.69) is 4.98 Å². The molecule has 17 heavy (non-hydrogen) atoms. The van der Waals surface area contributed by atoms with Crippen molar-refractivity contribution in [1.29, 1.82) is 0 Å². The van der Waals surface area contributed by atoms with Crippen LogP contribution in [0.1, 0.15) is 25.0 Å². The lowest BCUT2D eigenvalue weighted by atomic mass is 10.1. The number of hydrogen-bond donors (Lipinski definition) is 1. The van der Waals surface area contributed by atoms with E-state index in [9.17, 15) is 8.42 Å². The molecule has 2 bridgehead atoms. The first-order valence-corrected chi connectivity index (χ1v) is 7.99. The molecule has 2 fully saturated rings. The van der Waals surface area contributed by atoms with E-state index in [-0.39, 0.29) is 6.04 Å². The number of nitrogens with two attached hydrogens (primary N) is 1. The Kier molecular flexibility index (Phi) is 2.46. The van der Waals surface area contributed by atoms with Crippen LogP contribution < -0.4 is 5.73 Å². The maximum absolute atomic E-state index is 12.5. The predicted octanol–water partition coefficient (Wildman–Crippen LogP) is 1.21. The van der Waals surface area contributed by atoms with Crippen LogP contribution >= 0.6 is 11.3 Å². The van der Waals surface area contributed by atoms with Gasteiger partial charge >= 0.3 is 0 Å². The molecule has 1 aromatic rings. The van der Waals surface area contributed by atoms with Gasteiger partial charge in [0.05, 0.1) is 5.69 Å². The van der Waals surface area contributed by atoms with Gasteiger partial charge in [-0.25, -0.2) is 13.4 Å². The average molecular weight is 273 g/mol. The zero-order valence-electron chi connectivity index (χ0n) is 9.59. The van der Waals surface area contributed by atoms with E-state index in [1.165, 1.54) is 6.42 Å². The summed E-state index contributed by atoms with van der Waals surface area (Å²) in [7, 11) is -3.37. The number of piperidine rings is 1. The quantitative estimate of drug-likeness (QED) is 0.878. The van der Waals surface area contributed by atoms with Crippen LogP contribution in [0.4, 0.5) is 5.13 Å². The molecule has 2 heterocycles. The van der Waals surface area contributed by atoms with Crippen molar-refractivity contribution < 1.29 is 8.42 Å². The van der Waals surface area contributed by atoms with Gasteiger partial charge in [0.15, 0.2) is 9.34 Å². The third kappa shape index (κ3) is 1.68. The molecule has 7 heteroatoms. The summed E-state index contributed by atoms with van der Waals surface area (Å²) >= 11 is 1.07. The van der Waals surface area contributed by atoms with Crippen molar-refractivity contribution in [2.75, 3.05) is 12.3 Å². The average Bonchev–Trinajstić information content (AvgIpc) is 2.92. The Balaban J connectivity index is 1.99. The number of aryl methyl sites for hydroxylation is 1. The molecule has 1 aliphatic carbocycles. The number of nitrogen functional groups attached to an aromatic ring is 1. The molecule has 1 saturated heterocycles. The molecular weight excluding hydrogens is 258 g/mol. The van der Waals surface area contributed by atoms with E-state index in [0.717, 1.165) is 24.2 Å². The van der Waals surface area contributed by atoms with Crippen LogP contribution in [0, 0.1) is 12.8 Å². The predicted molar refractivity (Wildman–Crippen MR) is 66.3 cm³/mol. The highest BCUT2D eigenvalue weighted by molar-refractivity contribution is 7.91. The van der Waals surface area contributed by atoms with Gasteiger partial charge in [-0.15, -0.1) is 0 Å². The SMILES string of the molecule is Cc1nc(N)sc1S(=O)(=O)N1CC2CCC1C2. The number of nitrogens with zero attached hydrogens (tertiary/aromatic N) is 2. The van der Waals surface area contributed by atoms with Crippen molar-refractivity contribution >= 4 is 26.5 Å². The van der Waals surface area contributed by atoms with Crippen molar-refractivity contribution in [2.24, 2.45) is 5.92 Å². The van der Waals surface area contributed by atoms with Gasteiger partial charge in [-0.3, -0.25) is 0 Å². The molecule has 94 valence electrons. The highest BCUT2D eigenvalue weighted by Gasteiger charge is 2.45. The van der Waals surface area contributed by atoms with Crippen LogP contribution in [-0.4, -0.2) is 30.3 Å². The topological polar surface area (TPSA) is 76.3 Å². The summed E-state index contributed by atoms with van der Waals surface area (Å²) < 4.78 is 27.0. The number of thiazole rings is 1. The van der Waals surface area contributed by atoms with E-state index >= 15 is 0 Å². The molecule has 0 aromatic carbocycles. The van der Waals surface area contributed by atoms with Crippen molar-refractivity contribution in [1.82, 2.24) is 9.29 Å². The van der Waals surface area contributed by atoms with Crippen LogP contribution in [0.25, 0.3) is 0 Å². The van der Waals surface area contributed by atoms with E-state index in [1.54, 1.807) is 11.2 Å². The molecule has 1 saturated carbocycles. The Morgan fingerprint density at radius 1 is 1.47 bits per heavy atom. The number of hydrogen-bond acceptors (Lipinski definition) is 5. The lowest BCUT2D eigenvalue weighted by molar-refractivity contribution is 0.334. The van der Waals surface area contributed by atoms with E-state index in [1.807, 2.05) is 0 Å². The highest BCUT2D eigenvalue weighted by Crippen LogP contribution is 2.41. The maximum atomic E-state index is 12.5. The Labute approximate surface area is 105 Å². The zero-order valence-corrected chi connectivity index (χ0v) is 11.2. The fourth-order valence-corrected chi connectivity index (χ4v) is 6.08. The lowest BCUT2D eigenvalue weighted by Gasteiger charge is -2.25. The Bertz CT molecular complexity index is 552. The standard InChI is InChI=1S/C10H15N3O2S2/c1-6-9(16-10(11)12-6)17(14,15)13-5-7-2-3-8(13)4-7/h7-8H,2-5H2,1H3,(H2,11,12). The third-order valence-electron chi connectivity index (χ3n) is 3.67. The monoisotopic (exact) mass is 273 g/mol. The minimum Gasteiger partial charge on any atom is -0.375 e. The second-order valence-electron chi connectivity index (χ2n) is 4.83. The summed E-state index contributed by atoms with van der Waals surface area (Å²) in [4.78, 5) is 4.00. The number of rotatable bonds is 2. The molecule has 0 radical (unpaired) electrons. The number of sulfonamides is 1. The normalized spacial score (nSPS) is 29.0. The molecule has 0 spiro atoms. The number of fused-ring (bicyclic) bond motifs is 2. The van der Waals surface area contributed by atoms with Gasteiger partial charge in [-0.2, -0.15) is 4.31 Å². The van der Waals surface area contributed by atoms with E-state index in [4.69, 9.17) is 5.73 Å². The minimum absolute atomic E-state index is 0.202. The highest BCUT2D eigenvalue weighted by atomic mass is 32.2. The molecule has 1 aromatic heterocycles. The fourth-order valence-electron chi connectivity index (χ4n) is 2.92. The van der Waals surface area contributed by atoms with Gasteiger partial charge < -0.3 is 5.73 Å². The summed E-state index contributed by atoms with van der Waals surface area (Å²) in [5, 5.41) is 0.324. The molecule has 3 rings (SSSR count). The molecule has 2 unspecified atom stereocenters. The Hall–Kier alpha value is -0.660. The second kappa shape index (κ2) is 3.66. The largest absolute Gasteiger partial charge is 0.375 e. The summed E-state index contributed by atoms with van der Waals surface area (Å²) in [6.07, 6.45) is 3.18. The summed E-state index contributed by atoms with van der Waals surface area (Å²) in [6.45, 7) is 2.37. The smallest absolute Gasteiger partial charge is 0.254 e. The van der Waals surface area contributed by atoms with Gasteiger partial charge in [0, 0.05) is 12.6 Å². The Morgan fingerprint density at radius 3 is 2.71 bits per heavy atom. The van der Waals surface area contributed by atoms with Crippen LogP contribution in [0.2, 0.25) is 0 Å². The number of aromatic nitrogens is 1. The molecule has 1 aliphatic heterocycles. The first kappa shape index (κ1) is 11.4. The van der Waals surface area contributed by atoms with Gasteiger partial charge in [0.25, 0.3) is 10.0 Å². The van der Waals surface area contributed by atoms with Gasteiger partial charge in [0.1, 0.15) is 0 Å². The van der Waals surface area contributed by atoms with Crippen molar-refractivity contribution in [3.05, 3.63) is 5.69 Å². The van der Waals surface area contributed by atoms with Gasteiger partial charge in [0.2, 0.25) is 0 Å².